The van der Waals surface area contributed by atoms with Crippen LogP contribution in [0.25, 0.3) is 0 Å². The zero-order valence-electron chi connectivity index (χ0n) is 9.70. The van der Waals surface area contributed by atoms with Crippen molar-refractivity contribution in [3.8, 4) is 0 Å². The van der Waals surface area contributed by atoms with Gasteiger partial charge in [0, 0.05) is 25.0 Å². The largest absolute Gasteiger partial charge is 0.310 e. The molecular formula is C11H21N3S. The summed E-state index contributed by atoms with van der Waals surface area (Å²) in [6, 6.07) is 0. The second kappa shape index (κ2) is 7.79. The van der Waals surface area contributed by atoms with Gasteiger partial charge in [-0.3, -0.25) is 0 Å². The smallest absolute Gasteiger partial charge is 0.0795 e. The van der Waals surface area contributed by atoms with Crippen molar-refractivity contribution < 1.29 is 0 Å². The first-order valence-corrected chi connectivity index (χ1v) is 6.53. The molecule has 1 aromatic heterocycles. The lowest BCUT2D eigenvalue weighted by molar-refractivity contribution is 0.325. The van der Waals surface area contributed by atoms with E-state index in [0.717, 1.165) is 25.3 Å². The molecule has 0 saturated heterocycles. The van der Waals surface area contributed by atoms with E-state index in [1.807, 2.05) is 5.51 Å². The Morgan fingerprint density at radius 3 is 3.00 bits per heavy atom. The average molecular weight is 227 g/mol. The second-order valence-electron chi connectivity index (χ2n) is 3.81. The standard InChI is InChI=1S/C11H21N3S/c1-3-4-6-14(2)7-5-12-8-11-9-15-10-13-11/h9-10,12H,3-8H2,1-2H3. The minimum atomic E-state index is 0.894. The average Bonchev–Trinajstić information content (AvgIpc) is 2.74. The molecule has 0 aliphatic heterocycles. The highest BCUT2D eigenvalue weighted by Crippen LogP contribution is 1.99. The van der Waals surface area contributed by atoms with Crippen LogP contribution in [0, 0.1) is 0 Å². The van der Waals surface area contributed by atoms with Gasteiger partial charge in [0.1, 0.15) is 0 Å². The number of likely N-dealkylation sites (N-methyl/N-ethyl adjacent to an activating group) is 1. The van der Waals surface area contributed by atoms with Gasteiger partial charge in [0.05, 0.1) is 11.2 Å². The maximum absolute atomic E-state index is 4.22. The highest BCUT2D eigenvalue weighted by molar-refractivity contribution is 7.07. The van der Waals surface area contributed by atoms with Crippen LogP contribution < -0.4 is 5.32 Å². The Morgan fingerprint density at radius 1 is 1.47 bits per heavy atom. The van der Waals surface area contributed by atoms with Crippen LogP contribution in [0.5, 0.6) is 0 Å². The van der Waals surface area contributed by atoms with Gasteiger partial charge in [0.2, 0.25) is 0 Å². The van der Waals surface area contributed by atoms with Gasteiger partial charge in [-0.1, -0.05) is 13.3 Å². The van der Waals surface area contributed by atoms with E-state index in [9.17, 15) is 0 Å². The third-order valence-electron chi connectivity index (χ3n) is 2.35. The van der Waals surface area contributed by atoms with Crippen LogP contribution in [0.1, 0.15) is 25.5 Å². The SMILES string of the molecule is CCCCN(C)CCNCc1cscn1. The number of nitrogens with zero attached hydrogens (tertiary/aromatic N) is 2. The quantitative estimate of drug-likeness (QED) is 0.688. The fourth-order valence-electron chi connectivity index (χ4n) is 1.35. The molecule has 0 fully saturated rings. The first-order valence-electron chi connectivity index (χ1n) is 5.59. The summed E-state index contributed by atoms with van der Waals surface area (Å²) in [5, 5.41) is 5.49. The Bertz CT molecular complexity index is 236. The topological polar surface area (TPSA) is 28.2 Å². The molecule has 4 heteroatoms. The summed E-state index contributed by atoms with van der Waals surface area (Å²) in [7, 11) is 2.18. The minimum Gasteiger partial charge on any atom is -0.310 e. The molecule has 0 aromatic carbocycles. The third-order valence-corrected chi connectivity index (χ3v) is 2.99. The molecule has 86 valence electrons. The van der Waals surface area contributed by atoms with Gasteiger partial charge in [-0.05, 0) is 20.0 Å². The molecule has 0 aliphatic rings. The summed E-state index contributed by atoms with van der Waals surface area (Å²) >= 11 is 1.65. The van der Waals surface area contributed by atoms with Gasteiger partial charge in [0.15, 0.2) is 0 Å². The lowest BCUT2D eigenvalue weighted by Gasteiger charge is -2.15. The van der Waals surface area contributed by atoms with Crippen molar-refractivity contribution in [3.05, 3.63) is 16.6 Å². The summed E-state index contributed by atoms with van der Waals surface area (Å²) in [5.41, 5.74) is 3.03. The van der Waals surface area contributed by atoms with Crippen molar-refractivity contribution >= 4 is 11.3 Å². The third kappa shape index (κ3) is 5.87. The van der Waals surface area contributed by atoms with Gasteiger partial charge in [-0.25, -0.2) is 4.98 Å². The molecule has 0 unspecified atom stereocenters. The van der Waals surface area contributed by atoms with Crippen LogP contribution in [0.4, 0.5) is 0 Å². The number of unbranched alkanes of at least 4 members (excludes halogenated alkanes) is 1. The normalized spacial score (nSPS) is 11.1. The Balaban J connectivity index is 1.97. The van der Waals surface area contributed by atoms with Crippen molar-refractivity contribution in [1.29, 1.82) is 0 Å². The predicted molar refractivity (Wildman–Crippen MR) is 66.2 cm³/mol. The Morgan fingerprint density at radius 2 is 2.33 bits per heavy atom. The lowest BCUT2D eigenvalue weighted by Crippen LogP contribution is -2.29. The Labute approximate surface area is 96.5 Å². The van der Waals surface area contributed by atoms with Crippen LogP contribution in [0.3, 0.4) is 0 Å². The molecule has 0 saturated carbocycles. The zero-order chi connectivity index (χ0) is 10.9. The molecule has 0 bridgehead atoms. The van der Waals surface area contributed by atoms with E-state index in [-0.39, 0.29) is 0 Å². The highest BCUT2D eigenvalue weighted by atomic mass is 32.1. The number of aromatic nitrogens is 1. The van der Waals surface area contributed by atoms with Crippen LogP contribution >= 0.6 is 11.3 Å². The number of thiazole rings is 1. The summed E-state index contributed by atoms with van der Waals surface area (Å²) in [4.78, 5) is 6.60. The van der Waals surface area contributed by atoms with Crippen molar-refractivity contribution in [1.82, 2.24) is 15.2 Å². The summed E-state index contributed by atoms with van der Waals surface area (Å²) in [5.74, 6) is 0. The van der Waals surface area contributed by atoms with Crippen molar-refractivity contribution in [3.63, 3.8) is 0 Å². The van der Waals surface area contributed by atoms with E-state index in [4.69, 9.17) is 0 Å². The fraction of sp³-hybridized carbons (Fsp3) is 0.727. The molecule has 1 aromatic rings. The van der Waals surface area contributed by atoms with Crippen molar-refractivity contribution in [2.75, 3.05) is 26.7 Å². The first kappa shape index (κ1) is 12.6. The molecule has 3 nitrogen and oxygen atoms in total. The number of hydrogen-bond acceptors (Lipinski definition) is 4. The number of nitrogens with one attached hydrogen (secondary N) is 1. The second-order valence-corrected chi connectivity index (χ2v) is 4.53. The fourth-order valence-corrected chi connectivity index (χ4v) is 1.91. The number of rotatable bonds is 8. The van der Waals surface area contributed by atoms with Crippen molar-refractivity contribution in [2.24, 2.45) is 0 Å². The molecule has 0 atom stereocenters. The van der Waals surface area contributed by atoms with E-state index in [1.54, 1.807) is 11.3 Å². The Kier molecular flexibility index (Phi) is 6.55. The molecule has 1 rings (SSSR count). The van der Waals surface area contributed by atoms with Crippen LogP contribution in [0.2, 0.25) is 0 Å². The number of hydrogen-bond donors (Lipinski definition) is 1. The summed E-state index contributed by atoms with van der Waals surface area (Å²) in [6.07, 6.45) is 2.57. The van der Waals surface area contributed by atoms with E-state index in [1.165, 1.54) is 19.4 Å². The van der Waals surface area contributed by atoms with Gasteiger partial charge >= 0.3 is 0 Å². The molecule has 0 aliphatic carbocycles. The predicted octanol–water partition coefficient (Wildman–Crippen LogP) is 1.96. The lowest BCUT2D eigenvalue weighted by atomic mass is 10.3. The first-order chi connectivity index (χ1) is 7.33. The molecule has 15 heavy (non-hydrogen) atoms. The van der Waals surface area contributed by atoms with Crippen LogP contribution in [-0.4, -0.2) is 36.6 Å². The maximum atomic E-state index is 4.22. The molecule has 1 N–H and O–H groups in total. The van der Waals surface area contributed by atoms with Crippen molar-refractivity contribution in [2.45, 2.75) is 26.3 Å². The van der Waals surface area contributed by atoms with Crippen LogP contribution in [0.15, 0.2) is 10.9 Å². The molecule has 0 radical (unpaired) electrons. The van der Waals surface area contributed by atoms with Crippen LogP contribution in [-0.2, 0) is 6.54 Å². The summed E-state index contributed by atoms with van der Waals surface area (Å²) in [6.45, 7) is 6.48. The monoisotopic (exact) mass is 227 g/mol. The zero-order valence-corrected chi connectivity index (χ0v) is 10.5. The maximum Gasteiger partial charge on any atom is 0.0795 e. The Hall–Kier alpha value is -0.450. The molecule has 0 amide bonds. The van der Waals surface area contributed by atoms with Gasteiger partial charge in [-0.15, -0.1) is 11.3 Å². The van der Waals surface area contributed by atoms with E-state index < -0.39 is 0 Å². The van der Waals surface area contributed by atoms with Gasteiger partial charge in [-0.2, -0.15) is 0 Å². The summed E-state index contributed by atoms with van der Waals surface area (Å²) < 4.78 is 0. The van der Waals surface area contributed by atoms with E-state index >= 15 is 0 Å². The van der Waals surface area contributed by atoms with Gasteiger partial charge in [0.25, 0.3) is 0 Å². The van der Waals surface area contributed by atoms with Gasteiger partial charge < -0.3 is 10.2 Å². The molecular weight excluding hydrogens is 206 g/mol. The molecule has 0 spiro atoms. The van der Waals surface area contributed by atoms with E-state index in [0.29, 0.717) is 0 Å². The van der Waals surface area contributed by atoms with E-state index in [2.05, 4.69) is 34.6 Å². The minimum absolute atomic E-state index is 0.894. The highest BCUT2D eigenvalue weighted by Gasteiger charge is 1.97. The molecule has 1 heterocycles.